The van der Waals surface area contributed by atoms with E-state index >= 15 is 0 Å². The Balaban J connectivity index is 5.19. The van der Waals surface area contributed by atoms with Crippen LogP contribution < -0.4 is 0 Å². The average molecular weight is 1580 g/mol. The van der Waals surface area contributed by atoms with Crippen molar-refractivity contribution in [1.29, 1.82) is 0 Å². The Morgan fingerprint density at radius 3 is 0.704 bits per heavy atom. The van der Waals surface area contributed by atoms with Crippen LogP contribution in [0.15, 0.2) is 0 Å². The van der Waals surface area contributed by atoms with Crippen molar-refractivity contribution >= 4 is 39.5 Å². The van der Waals surface area contributed by atoms with Gasteiger partial charge in [0.25, 0.3) is 0 Å². The molecule has 0 amide bonds. The van der Waals surface area contributed by atoms with Crippen LogP contribution in [0.3, 0.4) is 0 Å². The molecule has 0 aliphatic rings. The van der Waals surface area contributed by atoms with Crippen LogP contribution in [0.25, 0.3) is 0 Å². The Labute approximate surface area is 664 Å². The number of esters is 4. The zero-order valence-electron chi connectivity index (χ0n) is 71.3. The summed E-state index contributed by atoms with van der Waals surface area (Å²) in [6.45, 7) is 12.0. The van der Waals surface area contributed by atoms with E-state index < -0.39 is 97.5 Å². The lowest BCUT2D eigenvalue weighted by molar-refractivity contribution is -0.161. The molecule has 642 valence electrons. The molecule has 0 aromatic carbocycles. The van der Waals surface area contributed by atoms with E-state index in [9.17, 15) is 43.2 Å². The second-order valence-electron chi connectivity index (χ2n) is 32.9. The fourth-order valence-corrected chi connectivity index (χ4v) is 15.4. The van der Waals surface area contributed by atoms with Crippen molar-refractivity contribution < 1.29 is 80.2 Å². The first kappa shape index (κ1) is 106. The lowest BCUT2D eigenvalue weighted by atomic mass is 9.99. The number of carbonyl (C=O) groups excluding carboxylic acids is 4. The maximum atomic E-state index is 13.2. The maximum Gasteiger partial charge on any atom is 0.472 e. The molecule has 108 heavy (non-hydrogen) atoms. The number of phosphoric ester groups is 2. The average Bonchev–Trinajstić information content (AvgIpc) is 0.900. The number of hydrogen-bond acceptors (Lipinski definition) is 15. The third-order valence-electron chi connectivity index (χ3n) is 21.6. The molecule has 19 heteroatoms. The van der Waals surface area contributed by atoms with Crippen LogP contribution in [0, 0.1) is 17.8 Å². The van der Waals surface area contributed by atoms with Crippen LogP contribution in [0.4, 0.5) is 0 Å². The Morgan fingerprint density at radius 2 is 0.472 bits per heavy atom. The highest BCUT2D eigenvalue weighted by atomic mass is 31.2. The van der Waals surface area contributed by atoms with E-state index in [2.05, 4.69) is 48.5 Å². The molecule has 3 N–H and O–H groups in total. The fourth-order valence-electron chi connectivity index (χ4n) is 13.8. The van der Waals surface area contributed by atoms with Gasteiger partial charge in [-0.2, -0.15) is 0 Å². The number of hydrogen-bond donors (Lipinski definition) is 3. The number of ether oxygens (including phenoxy) is 4. The Kier molecular flexibility index (Phi) is 77.5. The number of rotatable bonds is 87. The van der Waals surface area contributed by atoms with Gasteiger partial charge in [0.05, 0.1) is 26.4 Å². The van der Waals surface area contributed by atoms with E-state index in [-0.39, 0.29) is 25.7 Å². The predicted octanol–water partition coefficient (Wildman–Crippen LogP) is 27.3. The maximum absolute atomic E-state index is 13.2. The Hall–Kier alpha value is -1.94. The molecule has 7 atom stereocenters. The predicted molar refractivity (Wildman–Crippen MR) is 446 cm³/mol. The van der Waals surface area contributed by atoms with E-state index in [4.69, 9.17) is 37.0 Å². The van der Waals surface area contributed by atoms with Gasteiger partial charge in [-0.15, -0.1) is 0 Å². The highest BCUT2D eigenvalue weighted by Crippen LogP contribution is 2.45. The van der Waals surface area contributed by atoms with E-state index in [0.717, 1.165) is 108 Å². The zero-order chi connectivity index (χ0) is 79.3. The molecule has 0 heterocycles. The van der Waals surface area contributed by atoms with Crippen molar-refractivity contribution in [3.63, 3.8) is 0 Å². The largest absolute Gasteiger partial charge is 0.472 e. The molecule has 0 saturated carbocycles. The molecular weight excluding hydrogens is 1400 g/mol. The number of phosphoric acid groups is 2. The standard InChI is InChI=1S/C89H174O17P2/c1-8-11-12-13-14-15-16-17-26-34-39-44-49-58-65-73-89(94)106-85(77-100-87(92)71-64-57-52-51-53-60-67-80(4)5)79-104-108(97,98)102-75-83(90)74-101-107(95,96)103-78-84(105-88(93)72-66-59-50-45-40-35-30-25-21-19-23-28-32-37-42-47-55-62-69-82(7)10-3)76-99-86(91)70-63-56-48-43-38-33-29-24-20-18-22-27-31-36-41-46-54-61-68-81(6)9-2/h80-85,90H,8-79H2,1-7H3,(H,95,96)(H,97,98)/t81?,82?,83-,84-,85-/m1/s1. The first-order valence-corrected chi connectivity index (χ1v) is 48.9. The van der Waals surface area contributed by atoms with Gasteiger partial charge in [-0.25, -0.2) is 9.13 Å². The molecule has 0 aromatic rings. The molecular formula is C89H174O17P2. The summed E-state index contributed by atoms with van der Waals surface area (Å²) < 4.78 is 68.9. The molecule has 0 aliphatic carbocycles. The van der Waals surface area contributed by atoms with E-state index in [1.165, 1.54) is 276 Å². The quantitative estimate of drug-likeness (QED) is 0.0222. The van der Waals surface area contributed by atoms with Crippen molar-refractivity contribution in [1.82, 2.24) is 0 Å². The number of aliphatic hydroxyl groups excluding tert-OH is 1. The smallest absolute Gasteiger partial charge is 0.462 e. The van der Waals surface area contributed by atoms with Gasteiger partial charge in [-0.05, 0) is 43.4 Å². The summed E-state index contributed by atoms with van der Waals surface area (Å²) in [6.07, 6.45) is 71.0. The van der Waals surface area contributed by atoms with Crippen molar-refractivity contribution in [3.05, 3.63) is 0 Å². The van der Waals surface area contributed by atoms with E-state index in [1.807, 2.05) is 0 Å². The summed E-state index contributed by atoms with van der Waals surface area (Å²) in [7, 11) is -9.93. The second kappa shape index (κ2) is 78.9. The van der Waals surface area contributed by atoms with Crippen molar-refractivity contribution in [2.75, 3.05) is 39.6 Å². The minimum absolute atomic E-state index is 0.107. The minimum atomic E-state index is -4.97. The van der Waals surface area contributed by atoms with Crippen molar-refractivity contribution in [3.8, 4) is 0 Å². The molecule has 4 unspecified atom stereocenters. The molecule has 0 fully saturated rings. The SMILES string of the molecule is CCCCCCCCCCCCCCCCCC(=O)O[C@H](COC(=O)CCCCCCCCC(C)C)COP(=O)(O)OC[C@H](O)COP(=O)(O)OC[C@@H](COC(=O)CCCCCCCCCCCCCCCCCCCCC(C)CC)OC(=O)CCCCCCCCCCCCCCCCCCCCC(C)CC. The molecule has 0 aromatic heterocycles. The number of carbonyl (C=O) groups is 4. The van der Waals surface area contributed by atoms with Gasteiger partial charge in [-0.1, -0.05) is 421 Å². The number of aliphatic hydroxyl groups is 1. The summed E-state index contributed by atoms with van der Waals surface area (Å²) in [5.74, 6) is 0.321. The minimum Gasteiger partial charge on any atom is -0.462 e. The Morgan fingerprint density at radius 1 is 0.269 bits per heavy atom. The molecule has 0 saturated heterocycles. The molecule has 0 spiro atoms. The van der Waals surface area contributed by atoms with Crippen LogP contribution in [-0.4, -0.2) is 96.7 Å². The van der Waals surface area contributed by atoms with Crippen molar-refractivity contribution in [2.24, 2.45) is 17.8 Å². The van der Waals surface area contributed by atoms with Gasteiger partial charge < -0.3 is 33.8 Å². The molecule has 0 rings (SSSR count). The lowest BCUT2D eigenvalue weighted by Gasteiger charge is -2.21. The summed E-state index contributed by atoms with van der Waals surface area (Å²) >= 11 is 0. The van der Waals surface area contributed by atoms with Gasteiger partial charge in [0, 0.05) is 25.7 Å². The van der Waals surface area contributed by atoms with Gasteiger partial charge in [0.15, 0.2) is 12.2 Å². The fraction of sp³-hybridized carbons (Fsp3) is 0.955. The summed E-state index contributed by atoms with van der Waals surface area (Å²) in [5.41, 5.74) is 0. The summed E-state index contributed by atoms with van der Waals surface area (Å²) in [6, 6.07) is 0. The first-order chi connectivity index (χ1) is 52.3. The third-order valence-corrected chi connectivity index (χ3v) is 23.5. The molecule has 0 radical (unpaired) electrons. The lowest BCUT2D eigenvalue weighted by Crippen LogP contribution is -2.30. The van der Waals surface area contributed by atoms with Crippen molar-refractivity contribution in [2.45, 2.75) is 491 Å². The van der Waals surface area contributed by atoms with E-state index in [1.54, 1.807) is 0 Å². The molecule has 17 nitrogen and oxygen atoms in total. The van der Waals surface area contributed by atoms with E-state index in [0.29, 0.717) is 31.6 Å². The van der Waals surface area contributed by atoms with Crippen LogP contribution >= 0.6 is 15.6 Å². The second-order valence-corrected chi connectivity index (χ2v) is 35.9. The van der Waals surface area contributed by atoms with Crippen LogP contribution in [0.1, 0.15) is 472 Å². The van der Waals surface area contributed by atoms with Gasteiger partial charge in [0.2, 0.25) is 0 Å². The van der Waals surface area contributed by atoms with Crippen LogP contribution in [-0.2, 0) is 65.4 Å². The zero-order valence-corrected chi connectivity index (χ0v) is 73.1. The van der Waals surface area contributed by atoms with Gasteiger partial charge in [0.1, 0.15) is 19.3 Å². The van der Waals surface area contributed by atoms with Gasteiger partial charge in [-0.3, -0.25) is 37.3 Å². The Bertz CT molecular complexity index is 2080. The molecule has 0 aliphatic heterocycles. The number of unbranched alkanes of at least 4 members (excludes halogenated alkanes) is 53. The topological polar surface area (TPSA) is 237 Å². The summed E-state index contributed by atoms with van der Waals surface area (Å²) in [5, 5.41) is 10.7. The monoisotopic (exact) mass is 1580 g/mol. The highest BCUT2D eigenvalue weighted by molar-refractivity contribution is 7.47. The third kappa shape index (κ3) is 79.3. The van der Waals surface area contributed by atoms with Gasteiger partial charge >= 0.3 is 39.5 Å². The first-order valence-electron chi connectivity index (χ1n) is 45.9. The highest BCUT2D eigenvalue weighted by Gasteiger charge is 2.31. The summed E-state index contributed by atoms with van der Waals surface area (Å²) in [4.78, 5) is 73.2. The molecule has 0 bridgehead atoms. The van der Waals surface area contributed by atoms with Crippen LogP contribution in [0.5, 0.6) is 0 Å². The normalized spacial score (nSPS) is 14.3. The van der Waals surface area contributed by atoms with Crippen LogP contribution in [0.2, 0.25) is 0 Å².